The maximum Gasteiger partial charge on any atom is 0.242 e. The molecule has 0 radical (unpaired) electrons. The summed E-state index contributed by atoms with van der Waals surface area (Å²) in [6.07, 6.45) is 1.60. The van der Waals surface area contributed by atoms with Crippen LogP contribution >= 0.6 is 22.9 Å². The van der Waals surface area contributed by atoms with Gasteiger partial charge in [0, 0.05) is 37.1 Å². The third-order valence-corrected chi connectivity index (χ3v) is 8.55. The molecule has 12 heteroatoms. The number of halogens is 1. The summed E-state index contributed by atoms with van der Waals surface area (Å²) in [5.74, 6) is 2.38. The highest BCUT2D eigenvalue weighted by Crippen LogP contribution is 2.37. The van der Waals surface area contributed by atoms with Crippen LogP contribution in [0, 0.1) is 0 Å². The summed E-state index contributed by atoms with van der Waals surface area (Å²) in [5.41, 5.74) is 4.29. The quantitative estimate of drug-likeness (QED) is 0.0663. The Morgan fingerprint density at radius 1 is 0.894 bits per heavy atom. The van der Waals surface area contributed by atoms with Crippen molar-refractivity contribution in [3.05, 3.63) is 90.5 Å². The van der Waals surface area contributed by atoms with Crippen molar-refractivity contribution in [1.82, 2.24) is 4.98 Å². The van der Waals surface area contributed by atoms with Crippen LogP contribution in [0.15, 0.2) is 95.2 Å². The Labute approximate surface area is 282 Å². The third kappa shape index (κ3) is 8.11. The van der Waals surface area contributed by atoms with Gasteiger partial charge in [0.15, 0.2) is 11.5 Å². The molecule has 242 valence electrons. The number of carbonyl (C=O) groups excluding carboxylic acids is 1. The van der Waals surface area contributed by atoms with Crippen molar-refractivity contribution in [3.63, 3.8) is 0 Å². The monoisotopic (exact) mass is 671 g/mol. The number of aromatic nitrogens is 1. The molecule has 1 aliphatic heterocycles. The number of para-hydroxylation sites is 1. The first-order valence-corrected chi connectivity index (χ1v) is 16.5. The van der Waals surface area contributed by atoms with Crippen LogP contribution < -0.4 is 28.7 Å². The average Bonchev–Trinajstić information content (AvgIpc) is 3.74. The topological polar surface area (TPSA) is 98.1 Å². The molecule has 5 aromatic rings. The third-order valence-electron chi connectivity index (χ3n) is 7.41. The smallest absolute Gasteiger partial charge is 0.242 e. The van der Waals surface area contributed by atoms with Crippen molar-refractivity contribution < 1.29 is 23.7 Å². The average molecular weight is 672 g/mol. The summed E-state index contributed by atoms with van der Waals surface area (Å²) in [4.78, 5) is 21.1. The molecule has 0 aliphatic carbocycles. The first-order chi connectivity index (χ1) is 23.0. The molecule has 0 atom stereocenters. The van der Waals surface area contributed by atoms with Crippen LogP contribution in [-0.2, 0) is 11.3 Å². The van der Waals surface area contributed by atoms with E-state index in [-0.39, 0.29) is 18.6 Å². The van der Waals surface area contributed by atoms with E-state index in [9.17, 15) is 4.79 Å². The Hall–Kier alpha value is -4.87. The fourth-order valence-corrected chi connectivity index (χ4v) is 5.87. The van der Waals surface area contributed by atoms with Crippen LogP contribution in [0.3, 0.4) is 0 Å². The van der Waals surface area contributed by atoms with Crippen LogP contribution in [0.1, 0.15) is 18.4 Å². The number of unbranched alkanes of at least 4 members (excludes halogenated alkanes) is 1. The van der Waals surface area contributed by atoms with Crippen LogP contribution in [-0.4, -0.2) is 50.9 Å². The lowest BCUT2D eigenvalue weighted by Gasteiger charge is -2.23. The number of anilines is 2. The number of carbonyl (C=O) groups is 1. The molecule has 4 aromatic carbocycles. The lowest BCUT2D eigenvalue weighted by molar-refractivity contribution is -0.116. The van der Waals surface area contributed by atoms with Crippen LogP contribution in [0.5, 0.6) is 23.0 Å². The Morgan fingerprint density at radius 3 is 2.47 bits per heavy atom. The van der Waals surface area contributed by atoms with E-state index in [2.05, 4.69) is 15.2 Å². The minimum absolute atomic E-state index is 0.147. The number of alkyl halides is 1. The van der Waals surface area contributed by atoms with Gasteiger partial charge >= 0.3 is 0 Å². The zero-order valence-corrected chi connectivity index (χ0v) is 27.7. The van der Waals surface area contributed by atoms with Crippen molar-refractivity contribution in [3.8, 4) is 23.0 Å². The fraction of sp³-hybridized carbons (Fsp3) is 0.257. The molecular formula is C35H34ClN5O5S. The summed E-state index contributed by atoms with van der Waals surface area (Å²) in [6.45, 7) is 1.52. The SMILES string of the molecule is CN(C)c1ccc(/N=N/c2nc3ccc(OCCCCOc4ccccc4CN(C(=O)CCl)c4ccc5c(c4)OCO5)cc3s2)cc1. The Balaban J connectivity index is 0.988. The molecular weight excluding hydrogens is 638 g/mol. The van der Waals surface area contributed by atoms with E-state index >= 15 is 0 Å². The van der Waals surface area contributed by atoms with Gasteiger partial charge in [-0.05, 0) is 73.5 Å². The molecule has 1 aromatic heterocycles. The van der Waals surface area contributed by atoms with E-state index in [0.717, 1.165) is 51.5 Å². The van der Waals surface area contributed by atoms with E-state index in [0.29, 0.717) is 42.1 Å². The van der Waals surface area contributed by atoms with Gasteiger partial charge in [-0.3, -0.25) is 4.79 Å². The molecule has 1 amide bonds. The lowest BCUT2D eigenvalue weighted by Crippen LogP contribution is -2.31. The highest BCUT2D eigenvalue weighted by molar-refractivity contribution is 7.21. The number of fused-ring (bicyclic) bond motifs is 2. The fourth-order valence-electron chi connectivity index (χ4n) is 4.91. The highest BCUT2D eigenvalue weighted by Gasteiger charge is 2.21. The second-order valence-electron chi connectivity index (χ2n) is 10.9. The molecule has 0 fully saturated rings. The second-order valence-corrected chi connectivity index (χ2v) is 12.2. The summed E-state index contributed by atoms with van der Waals surface area (Å²) in [6, 6.07) is 26.8. The number of rotatable bonds is 14. The van der Waals surface area contributed by atoms with Gasteiger partial charge in [-0.15, -0.1) is 21.8 Å². The standard InChI is InChI=1S/C35H34ClN5O5S/c1-40(2)26-11-9-25(10-12-26)38-39-35-37-29-15-14-28(20-33(29)47-35)43-17-5-6-18-44-30-8-4-3-7-24(30)22-41(34(42)21-36)27-13-16-31-32(19-27)46-23-45-31/h3-4,7-16,19-20H,5-6,17-18,21-23H2,1-2H3/b39-38+. The van der Waals surface area contributed by atoms with Gasteiger partial charge in [-0.25, -0.2) is 4.98 Å². The number of amides is 1. The van der Waals surface area contributed by atoms with Gasteiger partial charge in [0.25, 0.3) is 0 Å². The number of ether oxygens (including phenoxy) is 4. The summed E-state index contributed by atoms with van der Waals surface area (Å²) >= 11 is 7.44. The molecule has 2 heterocycles. The first-order valence-electron chi connectivity index (χ1n) is 15.2. The summed E-state index contributed by atoms with van der Waals surface area (Å²) in [5, 5.41) is 9.26. The van der Waals surface area contributed by atoms with E-state index < -0.39 is 0 Å². The highest BCUT2D eigenvalue weighted by atomic mass is 35.5. The van der Waals surface area contributed by atoms with Gasteiger partial charge in [-0.2, -0.15) is 0 Å². The number of benzene rings is 4. The number of hydrogen-bond donors (Lipinski definition) is 0. The first kappa shape index (κ1) is 32.1. The second kappa shape index (κ2) is 15.1. The van der Waals surface area contributed by atoms with Crippen molar-refractivity contribution in [1.29, 1.82) is 0 Å². The Kier molecular flexibility index (Phi) is 10.3. The van der Waals surface area contributed by atoms with Gasteiger partial charge < -0.3 is 28.7 Å². The molecule has 0 spiro atoms. The maximum atomic E-state index is 12.8. The normalized spacial score (nSPS) is 12.1. The van der Waals surface area contributed by atoms with Gasteiger partial charge in [0.2, 0.25) is 17.8 Å². The van der Waals surface area contributed by atoms with Crippen molar-refractivity contribution in [2.75, 3.05) is 49.8 Å². The van der Waals surface area contributed by atoms with E-state index in [1.807, 2.05) is 91.8 Å². The zero-order valence-electron chi connectivity index (χ0n) is 26.1. The van der Waals surface area contributed by atoms with Gasteiger partial charge in [-0.1, -0.05) is 29.5 Å². The molecule has 1 aliphatic rings. The zero-order chi connectivity index (χ0) is 32.6. The molecule has 0 N–H and O–H groups in total. The number of hydrogen-bond acceptors (Lipinski definition) is 10. The van der Waals surface area contributed by atoms with Crippen LogP contribution in [0.4, 0.5) is 22.2 Å². The molecule has 47 heavy (non-hydrogen) atoms. The molecule has 0 saturated carbocycles. The summed E-state index contributed by atoms with van der Waals surface area (Å²) < 4.78 is 24.1. The number of azo groups is 1. The molecule has 10 nitrogen and oxygen atoms in total. The largest absolute Gasteiger partial charge is 0.494 e. The maximum absolute atomic E-state index is 12.8. The van der Waals surface area contributed by atoms with Crippen molar-refractivity contribution in [2.24, 2.45) is 10.2 Å². The van der Waals surface area contributed by atoms with Gasteiger partial charge in [0.1, 0.15) is 17.4 Å². The molecule has 0 unspecified atom stereocenters. The molecule has 0 bridgehead atoms. The number of nitrogens with zero attached hydrogens (tertiary/aromatic N) is 5. The predicted molar refractivity (Wildman–Crippen MR) is 186 cm³/mol. The van der Waals surface area contributed by atoms with Crippen molar-refractivity contribution >= 4 is 61.3 Å². The van der Waals surface area contributed by atoms with E-state index in [1.165, 1.54) is 11.3 Å². The van der Waals surface area contributed by atoms with Crippen LogP contribution in [0.25, 0.3) is 10.2 Å². The minimum atomic E-state index is -0.222. The predicted octanol–water partition coefficient (Wildman–Crippen LogP) is 8.52. The Bertz CT molecular complexity index is 1860. The van der Waals surface area contributed by atoms with E-state index in [4.69, 9.17) is 30.5 Å². The van der Waals surface area contributed by atoms with Crippen molar-refractivity contribution in [2.45, 2.75) is 19.4 Å². The van der Waals surface area contributed by atoms with Crippen LogP contribution in [0.2, 0.25) is 0 Å². The summed E-state index contributed by atoms with van der Waals surface area (Å²) in [7, 11) is 4.00. The minimum Gasteiger partial charge on any atom is -0.494 e. The Morgan fingerprint density at radius 2 is 1.66 bits per heavy atom. The van der Waals surface area contributed by atoms with E-state index in [1.54, 1.807) is 17.0 Å². The molecule has 6 rings (SSSR count). The number of thiazole rings is 1. The van der Waals surface area contributed by atoms with Gasteiger partial charge in [0.05, 0.1) is 35.7 Å². The molecule has 0 saturated heterocycles. The lowest BCUT2D eigenvalue weighted by atomic mass is 10.1.